The smallest absolute Gasteiger partial charge is 0.673 e. The van der Waals surface area contributed by atoms with Crippen molar-refractivity contribution in [3.05, 3.63) is 0 Å². The van der Waals surface area contributed by atoms with Gasteiger partial charge in [0.25, 0.3) is 0 Å². The van der Waals surface area contributed by atoms with Crippen LogP contribution in [0, 0.1) is 0 Å². The predicted octanol–water partition coefficient (Wildman–Crippen LogP) is 8.31. The fraction of sp³-hybridized carbons (Fsp3) is 1.00. The molecule has 0 bridgehead atoms. The third kappa shape index (κ3) is 32.7. The summed E-state index contributed by atoms with van der Waals surface area (Å²) in [5, 5.41) is 0. The lowest BCUT2D eigenvalue weighted by Crippen LogP contribution is -3.00. The molecule has 0 aliphatic carbocycles. The van der Waals surface area contributed by atoms with Crippen molar-refractivity contribution in [2.45, 2.75) is 158 Å². The highest BCUT2D eigenvalue weighted by atomic mass is 79.9. The minimum atomic E-state index is -6.00. The van der Waals surface area contributed by atoms with E-state index in [1.807, 2.05) is 0 Å². The number of hydrogen-bond donors (Lipinski definition) is 0. The van der Waals surface area contributed by atoms with E-state index in [9.17, 15) is 17.3 Å². The van der Waals surface area contributed by atoms with E-state index < -0.39 is 7.25 Å². The molecule has 0 fully saturated rings. The Morgan fingerprint density at radius 2 is 0.425 bits per heavy atom. The van der Waals surface area contributed by atoms with Gasteiger partial charge in [0.05, 0.1) is 52.4 Å². The number of rotatable bonds is 24. The van der Waals surface area contributed by atoms with E-state index in [-0.39, 0.29) is 17.0 Å². The number of hydrogen-bond acceptors (Lipinski definition) is 0. The Balaban J connectivity index is -0.000000271. The van der Waals surface area contributed by atoms with Crippen LogP contribution in [0.1, 0.15) is 158 Å². The van der Waals surface area contributed by atoms with Crippen molar-refractivity contribution >= 4 is 7.25 Å². The fourth-order valence-electron chi connectivity index (χ4n) is 5.29. The van der Waals surface area contributed by atoms with Crippen LogP contribution in [0.3, 0.4) is 0 Å². The van der Waals surface area contributed by atoms with Gasteiger partial charge in [-0.3, -0.25) is 0 Å². The minimum absolute atomic E-state index is 0. The lowest BCUT2D eigenvalue weighted by atomic mass is 10.1. The van der Waals surface area contributed by atoms with Crippen molar-refractivity contribution in [3.8, 4) is 0 Å². The summed E-state index contributed by atoms with van der Waals surface area (Å²) in [4.78, 5) is 0. The average Bonchev–Trinajstić information content (AvgIpc) is 2.91. The van der Waals surface area contributed by atoms with Gasteiger partial charge in [0, 0.05) is 0 Å². The average molecular weight is 652 g/mol. The molecule has 0 aromatic carbocycles. The highest BCUT2D eigenvalue weighted by molar-refractivity contribution is 6.50. The zero-order valence-corrected chi connectivity index (χ0v) is 29.9. The molecule has 0 spiro atoms. The zero-order valence-electron chi connectivity index (χ0n) is 28.3. The Labute approximate surface area is 260 Å². The van der Waals surface area contributed by atoms with Gasteiger partial charge in [-0.1, -0.05) is 107 Å². The van der Waals surface area contributed by atoms with E-state index in [0.717, 1.165) is 0 Å². The second-order valence-electron chi connectivity index (χ2n) is 11.8. The van der Waals surface area contributed by atoms with Crippen LogP contribution in [0.5, 0.6) is 0 Å². The maximum atomic E-state index is 9.75. The van der Waals surface area contributed by atoms with Crippen LogP contribution >= 0.6 is 0 Å². The van der Waals surface area contributed by atoms with Crippen molar-refractivity contribution in [3.63, 3.8) is 0 Å². The summed E-state index contributed by atoms with van der Waals surface area (Å²) >= 11 is 0. The molecular weight excluding hydrogens is 579 g/mol. The van der Waals surface area contributed by atoms with E-state index in [1.165, 1.54) is 164 Å². The van der Waals surface area contributed by atoms with Crippen LogP contribution in [0.2, 0.25) is 0 Å². The molecule has 0 rings (SSSR count). The molecule has 0 saturated carbocycles. The molecule has 40 heavy (non-hydrogen) atoms. The molecule has 0 atom stereocenters. The molecule has 0 aromatic heterocycles. The second kappa shape index (κ2) is 32.1. The first-order valence-electron chi connectivity index (χ1n) is 17.1. The van der Waals surface area contributed by atoms with Crippen LogP contribution in [0.4, 0.5) is 17.3 Å². The van der Waals surface area contributed by atoms with E-state index in [2.05, 4.69) is 55.4 Å². The first-order valence-corrected chi connectivity index (χ1v) is 17.1. The van der Waals surface area contributed by atoms with Gasteiger partial charge in [0.2, 0.25) is 0 Å². The number of nitrogens with zero attached hydrogens (tertiary/aromatic N) is 2. The molecule has 0 aliphatic rings. The second-order valence-corrected chi connectivity index (χ2v) is 11.8. The zero-order chi connectivity index (χ0) is 30.5. The molecule has 8 heteroatoms. The normalized spacial score (nSPS) is 11.7. The summed E-state index contributed by atoms with van der Waals surface area (Å²) < 4.78 is 41.8. The van der Waals surface area contributed by atoms with E-state index in [1.54, 1.807) is 0 Å². The van der Waals surface area contributed by atoms with Gasteiger partial charge in [-0.25, -0.2) is 0 Å². The summed E-state index contributed by atoms with van der Waals surface area (Å²) in [6.45, 7) is 30.0. The molecular formula is C32H72BBrF4N2. The molecule has 0 heterocycles. The van der Waals surface area contributed by atoms with E-state index in [0.29, 0.717) is 0 Å². The first kappa shape index (κ1) is 47.1. The third-order valence-corrected chi connectivity index (χ3v) is 7.89. The van der Waals surface area contributed by atoms with Crippen LogP contribution in [0.15, 0.2) is 0 Å². The molecule has 0 aliphatic heterocycles. The number of unbranched alkanes of at least 4 members (excludes halogenated alkanes) is 8. The number of quaternary nitrogens is 2. The lowest BCUT2D eigenvalue weighted by molar-refractivity contribution is -0.929. The van der Waals surface area contributed by atoms with Crippen LogP contribution in [-0.4, -0.2) is 68.6 Å². The predicted molar refractivity (Wildman–Crippen MR) is 169 cm³/mol. The van der Waals surface area contributed by atoms with Crippen molar-refractivity contribution in [2.75, 3.05) is 52.4 Å². The van der Waals surface area contributed by atoms with Gasteiger partial charge in [0.1, 0.15) is 0 Å². The summed E-state index contributed by atoms with van der Waals surface area (Å²) in [7, 11) is -6.00. The molecule has 0 saturated heterocycles. The fourth-order valence-corrected chi connectivity index (χ4v) is 5.29. The van der Waals surface area contributed by atoms with Gasteiger partial charge < -0.3 is 43.2 Å². The third-order valence-electron chi connectivity index (χ3n) is 7.89. The van der Waals surface area contributed by atoms with Gasteiger partial charge >= 0.3 is 7.25 Å². The van der Waals surface area contributed by atoms with Crippen LogP contribution in [-0.2, 0) is 0 Å². The van der Waals surface area contributed by atoms with E-state index >= 15 is 0 Å². The molecule has 0 unspecified atom stereocenters. The van der Waals surface area contributed by atoms with Crippen LogP contribution in [0.25, 0.3) is 0 Å². The van der Waals surface area contributed by atoms with Gasteiger partial charge in [-0.15, -0.1) is 0 Å². The summed E-state index contributed by atoms with van der Waals surface area (Å²) in [6, 6.07) is 0. The molecule has 2 nitrogen and oxygen atoms in total. The van der Waals surface area contributed by atoms with Crippen molar-refractivity contribution in [2.24, 2.45) is 0 Å². The van der Waals surface area contributed by atoms with Crippen molar-refractivity contribution in [1.82, 2.24) is 0 Å². The molecule has 0 amide bonds. The monoisotopic (exact) mass is 650 g/mol. The maximum absolute atomic E-state index is 9.75. The molecule has 0 N–H and O–H groups in total. The van der Waals surface area contributed by atoms with Gasteiger partial charge in [-0.05, 0) is 51.4 Å². The van der Waals surface area contributed by atoms with Crippen molar-refractivity contribution < 1.29 is 43.2 Å². The quantitative estimate of drug-likeness (QED) is 0.0560. The Morgan fingerprint density at radius 1 is 0.325 bits per heavy atom. The highest BCUT2D eigenvalue weighted by Crippen LogP contribution is 2.17. The largest absolute Gasteiger partial charge is 1.00 e. The number of halogens is 5. The standard InChI is InChI=1S/2C16H36N.BF4.BrH/c2*1-5-9-13-17(14-10-6-2,15-11-7-3)16-12-8-4;2-1(3,4)5;/h2*5-16H2,1-4H3;;1H/q2*+1;-1;/p-1. The highest BCUT2D eigenvalue weighted by Gasteiger charge is 2.25. The van der Waals surface area contributed by atoms with Crippen molar-refractivity contribution in [1.29, 1.82) is 0 Å². The SMILES string of the molecule is CCCC[N+](CCCC)(CCCC)CCCC.CCCC[N+](CCCC)(CCCC)CCCC.F[B-](F)(F)F.[Br-]. The Morgan fingerprint density at radius 3 is 0.500 bits per heavy atom. The Bertz CT molecular complexity index is 365. The Hall–Kier alpha value is 0.185. The topological polar surface area (TPSA) is 0 Å². The Kier molecular flexibility index (Phi) is 37.8. The molecule has 0 radical (unpaired) electrons. The molecule has 0 aromatic rings. The van der Waals surface area contributed by atoms with Gasteiger partial charge in [0.15, 0.2) is 0 Å². The summed E-state index contributed by atoms with van der Waals surface area (Å²) in [5.74, 6) is 0. The lowest BCUT2D eigenvalue weighted by Gasteiger charge is -2.39. The summed E-state index contributed by atoms with van der Waals surface area (Å²) in [5.41, 5.74) is 0. The molecule has 248 valence electrons. The minimum Gasteiger partial charge on any atom is -1.00 e. The van der Waals surface area contributed by atoms with Crippen LogP contribution < -0.4 is 17.0 Å². The maximum Gasteiger partial charge on any atom is 0.673 e. The first-order chi connectivity index (χ1) is 18.5. The summed E-state index contributed by atoms with van der Waals surface area (Å²) in [6.07, 6.45) is 22.1. The van der Waals surface area contributed by atoms with E-state index in [4.69, 9.17) is 0 Å². The van der Waals surface area contributed by atoms with Gasteiger partial charge in [-0.2, -0.15) is 0 Å².